The molecule has 2 unspecified atom stereocenters. The van der Waals surface area contributed by atoms with E-state index in [2.05, 4.69) is 33.9 Å². The summed E-state index contributed by atoms with van der Waals surface area (Å²) in [4.78, 5) is 18.5. The smallest absolute Gasteiger partial charge is 0.238 e. The predicted octanol–water partition coefficient (Wildman–Crippen LogP) is 3.83. The number of thiophene rings is 1. The summed E-state index contributed by atoms with van der Waals surface area (Å²) in [5.41, 5.74) is 2.30. The normalized spacial score (nSPS) is 17.7. The van der Waals surface area contributed by atoms with Crippen molar-refractivity contribution in [3.05, 3.63) is 76.5 Å². The van der Waals surface area contributed by atoms with Crippen molar-refractivity contribution in [2.45, 2.75) is 24.3 Å². The Labute approximate surface area is 155 Å². The summed E-state index contributed by atoms with van der Waals surface area (Å²) in [5.74, 6) is 1.10. The molecular formula is C19H19N3OS2. The van der Waals surface area contributed by atoms with Crippen LogP contribution in [0.15, 0.2) is 60.5 Å². The van der Waals surface area contributed by atoms with Gasteiger partial charge in [-0.05, 0) is 34.7 Å². The van der Waals surface area contributed by atoms with E-state index >= 15 is 0 Å². The lowest BCUT2D eigenvalue weighted by molar-refractivity contribution is -0.121. The molecule has 4 rings (SSSR count). The highest BCUT2D eigenvalue weighted by Crippen LogP contribution is 2.39. The van der Waals surface area contributed by atoms with Crippen molar-refractivity contribution in [1.82, 2.24) is 14.9 Å². The molecule has 0 bridgehead atoms. The van der Waals surface area contributed by atoms with Crippen LogP contribution in [0, 0.1) is 0 Å². The van der Waals surface area contributed by atoms with Crippen LogP contribution in [0.1, 0.15) is 27.3 Å². The van der Waals surface area contributed by atoms with Crippen molar-refractivity contribution in [3.8, 4) is 0 Å². The number of amides is 1. The van der Waals surface area contributed by atoms with E-state index in [1.54, 1.807) is 35.6 Å². The molecule has 2 atom stereocenters. The summed E-state index contributed by atoms with van der Waals surface area (Å²) in [6.45, 7) is 0.670. The minimum Gasteiger partial charge on any atom is -0.346 e. The average Bonchev–Trinajstić information content (AvgIpc) is 3.33. The number of carbonyl (C=O) groups is 1. The van der Waals surface area contributed by atoms with Gasteiger partial charge >= 0.3 is 0 Å². The topological polar surface area (TPSA) is 46.9 Å². The molecular weight excluding hydrogens is 350 g/mol. The van der Waals surface area contributed by atoms with Crippen LogP contribution in [0.3, 0.4) is 0 Å². The van der Waals surface area contributed by atoms with Crippen molar-refractivity contribution in [1.29, 1.82) is 0 Å². The van der Waals surface area contributed by atoms with E-state index in [4.69, 9.17) is 0 Å². The number of fused-ring (bicyclic) bond motifs is 1. The summed E-state index contributed by atoms with van der Waals surface area (Å²) in [6, 6.07) is 12.2. The van der Waals surface area contributed by atoms with Crippen molar-refractivity contribution < 1.29 is 4.79 Å². The molecule has 1 amide bonds. The zero-order chi connectivity index (χ0) is 17.1. The van der Waals surface area contributed by atoms with Crippen LogP contribution >= 0.6 is 23.1 Å². The molecule has 0 fully saturated rings. The van der Waals surface area contributed by atoms with Crippen LogP contribution in [0.2, 0.25) is 0 Å². The second-order valence-electron chi connectivity index (χ2n) is 6.03. The highest BCUT2D eigenvalue weighted by atomic mass is 32.2. The molecule has 0 saturated carbocycles. The molecule has 3 aromatic rings. The van der Waals surface area contributed by atoms with Crippen LogP contribution in [-0.4, -0.2) is 21.2 Å². The van der Waals surface area contributed by atoms with Gasteiger partial charge in [-0.25, -0.2) is 4.98 Å². The highest BCUT2D eigenvalue weighted by Gasteiger charge is 2.29. The quantitative estimate of drug-likeness (QED) is 0.743. The maximum atomic E-state index is 13.0. The first-order valence-electron chi connectivity index (χ1n) is 8.30. The molecule has 2 aromatic heterocycles. The van der Waals surface area contributed by atoms with Crippen molar-refractivity contribution in [2.75, 3.05) is 5.75 Å². The lowest BCUT2D eigenvalue weighted by atomic mass is 10.1. The number of thioether (sulfide) groups is 1. The monoisotopic (exact) mass is 369 g/mol. The maximum Gasteiger partial charge on any atom is 0.238 e. The number of imidazole rings is 1. The molecule has 0 spiro atoms. The average molecular weight is 370 g/mol. The number of rotatable bonds is 5. The summed E-state index contributed by atoms with van der Waals surface area (Å²) >= 11 is 3.50. The van der Waals surface area contributed by atoms with Crippen LogP contribution in [0.25, 0.3) is 0 Å². The van der Waals surface area contributed by atoms with Gasteiger partial charge in [-0.1, -0.05) is 30.3 Å². The van der Waals surface area contributed by atoms with Gasteiger partial charge in [-0.15, -0.1) is 23.1 Å². The second-order valence-corrected chi connectivity index (χ2v) is 8.24. The fraction of sp³-hybridized carbons (Fsp3) is 0.263. The lowest BCUT2D eigenvalue weighted by Gasteiger charge is -2.25. The molecule has 1 aromatic carbocycles. The largest absolute Gasteiger partial charge is 0.346 e. The zero-order valence-corrected chi connectivity index (χ0v) is 15.3. The fourth-order valence-electron chi connectivity index (χ4n) is 3.14. The number of nitrogens with one attached hydrogen (secondary N) is 1. The minimum atomic E-state index is -0.107. The molecule has 128 valence electrons. The van der Waals surface area contributed by atoms with Gasteiger partial charge in [0.2, 0.25) is 5.91 Å². The molecule has 0 saturated heterocycles. The third-order valence-electron chi connectivity index (χ3n) is 4.39. The molecule has 6 heteroatoms. The first kappa shape index (κ1) is 16.4. The Balaban J connectivity index is 1.55. The summed E-state index contributed by atoms with van der Waals surface area (Å²) in [5, 5.41) is 5.26. The molecule has 0 radical (unpaired) electrons. The Hall–Kier alpha value is -2.05. The second kappa shape index (κ2) is 7.45. The van der Waals surface area contributed by atoms with Gasteiger partial charge in [0.05, 0.1) is 12.4 Å². The molecule has 3 heterocycles. The molecule has 4 nitrogen and oxygen atoms in total. The molecule has 0 aliphatic carbocycles. The van der Waals surface area contributed by atoms with Gasteiger partial charge in [-0.3, -0.25) is 4.79 Å². The van der Waals surface area contributed by atoms with Gasteiger partial charge in [-0.2, -0.15) is 0 Å². The van der Waals surface area contributed by atoms with Crippen molar-refractivity contribution >= 4 is 29.0 Å². The van der Waals surface area contributed by atoms with Gasteiger partial charge in [0.25, 0.3) is 0 Å². The summed E-state index contributed by atoms with van der Waals surface area (Å²) in [6.07, 6.45) is 6.54. The fourth-order valence-corrected chi connectivity index (χ4v) is 5.44. The molecule has 1 aliphatic rings. The van der Waals surface area contributed by atoms with E-state index in [1.165, 1.54) is 10.4 Å². The Bertz CT molecular complexity index is 829. The number of benzene rings is 1. The lowest BCUT2D eigenvalue weighted by Crippen LogP contribution is -2.35. The van der Waals surface area contributed by atoms with Gasteiger partial charge < -0.3 is 9.88 Å². The van der Waals surface area contributed by atoms with Gasteiger partial charge in [0, 0.05) is 23.8 Å². The van der Waals surface area contributed by atoms with E-state index in [-0.39, 0.29) is 17.2 Å². The maximum absolute atomic E-state index is 13.0. The first-order valence-corrected chi connectivity index (χ1v) is 10.2. The van der Waals surface area contributed by atoms with Crippen molar-refractivity contribution in [2.24, 2.45) is 0 Å². The SMILES string of the molecule is O=C(NC(Cn1ccnc1)c1ccccc1)C1SCCc2sccc21. The number of nitrogens with zero attached hydrogens (tertiary/aromatic N) is 2. The Morgan fingerprint density at radius 2 is 2.20 bits per heavy atom. The molecule has 1 aliphatic heterocycles. The standard InChI is InChI=1S/C19H19N3OS2/c23-19(18-15-6-10-24-17(15)7-11-25-18)21-16(12-22-9-8-20-13-22)14-4-2-1-3-5-14/h1-6,8-10,13,16,18H,7,11-12H2,(H,21,23). The van der Waals surface area contributed by atoms with Gasteiger partial charge in [0.15, 0.2) is 0 Å². The predicted molar refractivity (Wildman–Crippen MR) is 103 cm³/mol. The molecule has 1 N–H and O–H groups in total. The number of aryl methyl sites for hydroxylation is 1. The van der Waals surface area contributed by atoms with E-state index in [0.717, 1.165) is 17.7 Å². The van der Waals surface area contributed by atoms with Crippen LogP contribution in [0.5, 0.6) is 0 Å². The summed E-state index contributed by atoms with van der Waals surface area (Å²) in [7, 11) is 0. The first-order chi connectivity index (χ1) is 12.3. The van der Waals surface area contributed by atoms with E-state index in [9.17, 15) is 4.79 Å². The Morgan fingerprint density at radius 1 is 1.32 bits per heavy atom. The Kier molecular flexibility index (Phi) is 4.90. The summed E-state index contributed by atoms with van der Waals surface area (Å²) < 4.78 is 2.00. The zero-order valence-electron chi connectivity index (χ0n) is 13.7. The Morgan fingerprint density at radius 3 is 3.00 bits per heavy atom. The third-order valence-corrected chi connectivity index (χ3v) is 6.62. The van der Waals surface area contributed by atoms with Crippen LogP contribution in [0.4, 0.5) is 0 Å². The van der Waals surface area contributed by atoms with E-state index < -0.39 is 0 Å². The minimum absolute atomic E-state index is 0.0764. The highest BCUT2D eigenvalue weighted by molar-refractivity contribution is 8.00. The number of hydrogen-bond donors (Lipinski definition) is 1. The van der Waals surface area contributed by atoms with Gasteiger partial charge in [0.1, 0.15) is 5.25 Å². The number of carbonyl (C=O) groups excluding carboxylic acids is 1. The van der Waals surface area contributed by atoms with Crippen molar-refractivity contribution in [3.63, 3.8) is 0 Å². The number of hydrogen-bond acceptors (Lipinski definition) is 4. The van der Waals surface area contributed by atoms with E-state index in [1.807, 2.05) is 29.0 Å². The van der Waals surface area contributed by atoms with E-state index in [0.29, 0.717) is 6.54 Å². The molecule has 25 heavy (non-hydrogen) atoms. The number of aromatic nitrogens is 2. The third kappa shape index (κ3) is 3.65. The van der Waals surface area contributed by atoms with Crippen LogP contribution < -0.4 is 5.32 Å². The van der Waals surface area contributed by atoms with Crippen LogP contribution in [-0.2, 0) is 17.8 Å².